The third-order valence-corrected chi connectivity index (χ3v) is 9.95. The SMILES string of the molecule is Cc1c(C)c(C)c2c(C)[n+](C)c(C)c(C)c2c1C.Cc1c(C)c(C)c2c(c1C)c(C)c(C)c(C)[n+]2C. The van der Waals surface area contributed by atoms with Crippen molar-refractivity contribution in [1.82, 2.24) is 0 Å². The van der Waals surface area contributed by atoms with E-state index < -0.39 is 0 Å². The van der Waals surface area contributed by atoms with Crippen LogP contribution in [0.15, 0.2) is 0 Å². The Morgan fingerprint density at radius 1 is 0.278 bits per heavy atom. The van der Waals surface area contributed by atoms with Gasteiger partial charge in [0, 0.05) is 42.8 Å². The summed E-state index contributed by atoms with van der Waals surface area (Å²) in [6.45, 7) is 31.4. The van der Waals surface area contributed by atoms with E-state index in [1.165, 1.54) is 100.0 Å². The lowest BCUT2D eigenvalue weighted by Crippen LogP contribution is -2.37. The Morgan fingerprint density at radius 2 is 0.639 bits per heavy atom. The first-order valence-corrected chi connectivity index (χ1v) is 13.3. The molecule has 0 aliphatic carbocycles. The Hall–Kier alpha value is -2.74. The molecule has 4 rings (SSSR count). The van der Waals surface area contributed by atoms with E-state index in [-0.39, 0.29) is 0 Å². The number of hydrogen-bond acceptors (Lipinski definition) is 0. The van der Waals surface area contributed by atoms with Crippen molar-refractivity contribution >= 4 is 21.7 Å². The van der Waals surface area contributed by atoms with Crippen LogP contribution < -0.4 is 9.13 Å². The summed E-state index contributed by atoms with van der Waals surface area (Å²) in [5.41, 5.74) is 21.2. The standard InChI is InChI=1S/2C17H24N/c1-9-10(2)14(6)17-16(12(9)4)13(5)11(3)15(7)18(17)8;1-9-10(2)12(4)17-15(7)18(8)14(6)13(5)16(17)11(9)3/h2*1-8H3/q2*+1. The number of pyridine rings is 2. The first-order chi connectivity index (χ1) is 16.6. The molecule has 2 aromatic heterocycles. The topological polar surface area (TPSA) is 7.76 Å². The molecule has 0 radical (unpaired) electrons. The number of benzene rings is 2. The Morgan fingerprint density at radius 3 is 1.14 bits per heavy atom. The summed E-state index contributed by atoms with van der Waals surface area (Å²) in [4.78, 5) is 0. The lowest BCUT2D eigenvalue weighted by molar-refractivity contribution is -0.682. The molecule has 4 aromatic rings. The maximum atomic E-state index is 2.35. The first kappa shape index (κ1) is 27.8. The fourth-order valence-corrected chi connectivity index (χ4v) is 6.13. The van der Waals surface area contributed by atoms with Crippen molar-refractivity contribution in [2.75, 3.05) is 0 Å². The zero-order valence-electron chi connectivity index (χ0n) is 25.9. The summed E-state index contributed by atoms with van der Waals surface area (Å²) >= 11 is 0. The van der Waals surface area contributed by atoms with Crippen LogP contribution in [0.2, 0.25) is 0 Å². The highest BCUT2D eigenvalue weighted by Crippen LogP contribution is 2.33. The molecule has 2 aromatic carbocycles. The highest BCUT2D eigenvalue weighted by atomic mass is 14.9. The van der Waals surface area contributed by atoms with Gasteiger partial charge in [-0.1, -0.05) is 0 Å². The van der Waals surface area contributed by atoms with Crippen molar-refractivity contribution in [3.05, 3.63) is 78.3 Å². The zero-order valence-corrected chi connectivity index (χ0v) is 25.9. The van der Waals surface area contributed by atoms with Gasteiger partial charge in [-0.3, -0.25) is 0 Å². The number of hydrogen-bond donors (Lipinski definition) is 0. The van der Waals surface area contributed by atoms with Gasteiger partial charge in [0.05, 0.1) is 10.8 Å². The average Bonchev–Trinajstić information content (AvgIpc) is 2.85. The monoisotopic (exact) mass is 484 g/mol. The highest BCUT2D eigenvalue weighted by molar-refractivity contribution is 5.94. The normalized spacial score (nSPS) is 11.3. The second-order valence-corrected chi connectivity index (χ2v) is 11.2. The van der Waals surface area contributed by atoms with Gasteiger partial charge in [-0.15, -0.1) is 0 Å². The molecular weight excluding hydrogens is 436 g/mol. The lowest BCUT2D eigenvalue weighted by Gasteiger charge is -2.17. The largest absolute Gasteiger partial charge is 0.216 e. The molecular formula is C34H48N2+2. The van der Waals surface area contributed by atoms with Gasteiger partial charge < -0.3 is 0 Å². The molecule has 0 unspecified atom stereocenters. The molecule has 0 bridgehead atoms. The van der Waals surface area contributed by atoms with Gasteiger partial charge in [-0.2, -0.15) is 4.57 Å². The molecule has 0 aliphatic rings. The Bertz CT molecular complexity index is 1220. The van der Waals surface area contributed by atoms with Crippen molar-refractivity contribution < 1.29 is 9.13 Å². The molecule has 0 fully saturated rings. The Balaban J connectivity index is 0.000000201. The van der Waals surface area contributed by atoms with Crippen molar-refractivity contribution in [1.29, 1.82) is 0 Å². The van der Waals surface area contributed by atoms with E-state index in [9.17, 15) is 0 Å². The van der Waals surface area contributed by atoms with Crippen LogP contribution in [0.3, 0.4) is 0 Å². The van der Waals surface area contributed by atoms with E-state index in [2.05, 4.69) is 120 Å². The minimum atomic E-state index is 1.37. The van der Waals surface area contributed by atoms with Crippen LogP contribution in [0.5, 0.6) is 0 Å². The van der Waals surface area contributed by atoms with E-state index in [1.807, 2.05) is 0 Å². The zero-order chi connectivity index (χ0) is 27.5. The van der Waals surface area contributed by atoms with Gasteiger partial charge in [0.2, 0.25) is 5.52 Å². The van der Waals surface area contributed by atoms with Crippen LogP contribution in [-0.2, 0) is 14.1 Å². The number of aromatic nitrogens is 2. The predicted octanol–water partition coefficient (Wildman–Crippen LogP) is 7.65. The third kappa shape index (κ3) is 3.94. The average molecular weight is 485 g/mol. The number of fused-ring (bicyclic) bond motifs is 2. The summed E-state index contributed by atoms with van der Waals surface area (Å²) in [7, 11) is 4.35. The van der Waals surface area contributed by atoms with E-state index in [4.69, 9.17) is 0 Å². The van der Waals surface area contributed by atoms with Gasteiger partial charge in [0.15, 0.2) is 17.1 Å². The minimum absolute atomic E-state index is 1.37. The van der Waals surface area contributed by atoms with Gasteiger partial charge in [0.1, 0.15) is 14.1 Å². The van der Waals surface area contributed by atoms with Crippen molar-refractivity contribution in [3.63, 3.8) is 0 Å². The van der Waals surface area contributed by atoms with Gasteiger partial charge in [-0.25, -0.2) is 4.57 Å². The van der Waals surface area contributed by atoms with Crippen LogP contribution in [0.1, 0.15) is 78.3 Å². The maximum Gasteiger partial charge on any atom is 0.216 e. The fourth-order valence-electron chi connectivity index (χ4n) is 6.13. The van der Waals surface area contributed by atoms with Crippen molar-refractivity contribution in [2.24, 2.45) is 14.1 Å². The summed E-state index contributed by atoms with van der Waals surface area (Å²) in [5, 5.41) is 4.35. The summed E-state index contributed by atoms with van der Waals surface area (Å²) in [5.74, 6) is 0. The predicted molar refractivity (Wildman–Crippen MR) is 157 cm³/mol. The molecule has 0 aliphatic heterocycles. The molecule has 0 saturated carbocycles. The molecule has 36 heavy (non-hydrogen) atoms. The minimum Gasteiger partial charge on any atom is -0.202 e. The third-order valence-electron chi connectivity index (χ3n) is 9.95. The van der Waals surface area contributed by atoms with Gasteiger partial charge in [-0.05, 0) is 121 Å². The first-order valence-electron chi connectivity index (χ1n) is 13.3. The maximum absolute atomic E-state index is 2.35. The van der Waals surface area contributed by atoms with Crippen LogP contribution >= 0.6 is 0 Å². The Labute approximate surface area is 220 Å². The van der Waals surface area contributed by atoms with Gasteiger partial charge in [0.25, 0.3) is 0 Å². The molecule has 0 atom stereocenters. The van der Waals surface area contributed by atoms with Crippen LogP contribution in [0.4, 0.5) is 0 Å². The molecule has 0 amide bonds. The van der Waals surface area contributed by atoms with Gasteiger partial charge >= 0.3 is 0 Å². The van der Waals surface area contributed by atoms with Crippen molar-refractivity contribution in [3.8, 4) is 0 Å². The fraction of sp³-hybridized carbons (Fsp3) is 0.471. The second-order valence-electron chi connectivity index (χ2n) is 11.2. The van der Waals surface area contributed by atoms with Crippen molar-refractivity contribution in [2.45, 2.75) is 96.9 Å². The molecule has 0 N–H and O–H groups in total. The number of aryl methyl sites for hydroxylation is 8. The summed E-state index contributed by atoms with van der Waals surface area (Å²) < 4.78 is 4.67. The molecule has 2 nitrogen and oxygen atoms in total. The second kappa shape index (κ2) is 9.61. The number of rotatable bonds is 0. The lowest BCUT2D eigenvalue weighted by atomic mass is 9.88. The summed E-state index contributed by atoms with van der Waals surface area (Å²) in [6, 6.07) is 0. The quantitative estimate of drug-likeness (QED) is 0.226. The highest BCUT2D eigenvalue weighted by Gasteiger charge is 2.23. The summed E-state index contributed by atoms with van der Waals surface area (Å²) in [6.07, 6.45) is 0. The number of nitrogens with zero attached hydrogens (tertiary/aromatic N) is 2. The van der Waals surface area contributed by atoms with Crippen LogP contribution in [0.25, 0.3) is 21.7 Å². The molecule has 0 saturated heterocycles. The molecule has 2 heteroatoms. The van der Waals surface area contributed by atoms with E-state index in [0.717, 1.165) is 0 Å². The smallest absolute Gasteiger partial charge is 0.202 e. The Kier molecular flexibility index (Phi) is 7.44. The van der Waals surface area contributed by atoms with E-state index in [0.29, 0.717) is 0 Å². The molecule has 2 heterocycles. The molecule has 0 spiro atoms. The van der Waals surface area contributed by atoms with Crippen LogP contribution in [-0.4, -0.2) is 0 Å². The van der Waals surface area contributed by atoms with E-state index >= 15 is 0 Å². The van der Waals surface area contributed by atoms with E-state index in [1.54, 1.807) is 0 Å². The molecule has 192 valence electrons. The van der Waals surface area contributed by atoms with Crippen LogP contribution in [0, 0.1) is 96.9 Å².